The predicted octanol–water partition coefficient (Wildman–Crippen LogP) is 2.94. The van der Waals surface area contributed by atoms with E-state index in [1.54, 1.807) is 21.8 Å². The summed E-state index contributed by atoms with van der Waals surface area (Å²) in [5, 5.41) is 6.43. The van der Waals surface area contributed by atoms with Crippen molar-refractivity contribution in [3.63, 3.8) is 0 Å². The molecular formula is C10H14N4S2. The fourth-order valence-electron chi connectivity index (χ4n) is 1.23. The molecule has 0 N–H and O–H groups in total. The summed E-state index contributed by atoms with van der Waals surface area (Å²) < 4.78 is 2.79. The lowest BCUT2D eigenvalue weighted by atomic mass is 10.2. The summed E-state index contributed by atoms with van der Waals surface area (Å²) in [6.45, 7) is 4.17. The summed E-state index contributed by atoms with van der Waals surface area (Å²) in [5.41, 5.74) is 1.05. The maximum Gasteiger partial charge on any atom is 0.172 e. The Labute approximate surface area is 103 Å². The molecule has 0 aliphatic rings. The molecule has 4 nitrogen and oxygen atoms in total. The van der Waals surface area contributed by atoms with Gasteiger partial charge in [-0.1, -0.05) is 13.3 Å². The fraction of sp³-hybridized carbons (Fsp3) is 0.500. The van der Waals surface area contributed by atoms with Crippen molar-refractivity contribution in [1.29, 1.82) is 0 Å². The molecule has 0 unspecified atom stereocenters. The second-order valence-electron chi connectivity index (χ2n) is 3.51. The Morgan fingerprint density at radius 3 is 3.06 bits per heavy atom. The van der Waals surface area contributed by atoms with Crippen LogP contribution in [-0.2, 0) is 6.42 Å². The summed E-state index contributed by atoms with van der Waals surface area (Å²) in [6.07, 6.45) is 5.03. The molecule has 0 saturated carbocycles. The highest BCUT2D eigenvalue weighted by molar-refractivity contribution is 7.99. The molecule has 2 aromatic rings. The number of aryl methyl sites for hydroxylation is 2. The van der Waals surface area contributed by atoms with Gasteiger partial charge in [-0.05, 0) is 13.3 Å². The van der Waals surface area contributed by atoms with Gasteiger partial charge in [0.25, 0.3) is 0 Å². The molecule has 0 fully saturated rings. The second kappa shape index (κ2) is 5.45. The van der Waals surface area contributed by atoms with E-state index >= 15 is 0 Å². The molecule has 0 bridgehead atoms. The molecule has 2 heterocycles. The van der Waals surface area contributed by atoms with E-state index in [0.717, 1.165) is 28.7 Å². The minimum Gasteiger partial charge on any atom is -0.233 e. The Morgan fingerprint density at radius 1 is 1.50 bits per heavy atom. The van der Waals surface area contributed by atoms with Crippen LogP contribution in [0.25, 0.3) is 0 Å². The molecule has 0 saturated heterocycles. The SMILES string of the molecule is CCCCc1ncn(Sc2nc(C)cs2)n1. The van der Waals surface area contributed by atoms with Crippen molar-refractivity contribution in [1.82, 2.24) is 19.2 Å². The van der Waals surface area contributed by atoms with Crippen molar-refractivity contribution in [2.24, 2.45) is 0 Å². The van der Waals surface area contributed by atoms with E-state index in [0.29, 0.717) is 0 Å². The van der Waals surface area contributed by atoms with Crippen LogP contribution in [0.15, 0.2) is 16.0 Å². The zero-order valence-corrected chi connectivity index (χ0v) is 11.0. The van der Waals surface area contributed by atoms with E-state index in [1.807, 2.05) is 12.3 Å². The Bertz CT molecular complexity index is 449. The van der Waals surface area contributed by atoms with Gasteiger partial charge in [-0.2, -0.15) is 4.09 Å². The summed E-state index contributed by atoms with van der Waals surface area (Å²) >= 11 is 3.15. The first kappa shape index (κ1) is 11.6. The molecule has 6 heteroatoms. The van der Waals surface area contributed by atoms with Crippen molar-refractivity contribution in [2.45, 2.75) is 37.4 Å². The van der Waals surface area contributed by atoms with Crippen molar-refractivity contribution in [3.05, 3.63) is 23.2 Å². The van der Waals surface area contributed by atoms with Crippen LogP contribution < -0.4 is 0 Å². The number of thiazole rings is 1. The molecular weight excluding hydrogens is 240 g/mol. The molecule has 0 aliphatic carbocycles. The van der Waals surface area contributed by atoms with Gasteiger partial charge in [0.15, 0.2) is 10.2 Å². The molecule has 0 atom stereocenters. The third-order valence-electron chi connectivity index (χ3n) is 2.04. The third-order valence-corrected chi connectivity index (χ3v) is 3.92. The van der Waals surface area contributed by atoms with Gasteiger partial charge < -0.3 is 0 Å². The van der Waals surface area contributed by atoms with Gasteiger partial charge in [-0.15, -0.1) is 16.4 Å². The smallest absolute Gasteiger partial charge is 0.172 e. The molecule has 16 heavy (non-hydrogen) atoms. The summed E-state index contributed by atoms with van der Waals surface area (Å²) in [6, 6.07) is 0. The van der Waals surface area contributed by atoms with Crippen molar-refractivity contribution in [2.75, 3.05) is 0 Å². The van der Waals surface area contributed by atoms with Crippen LogP contribution in [0.3, 0.4) is 0 Å². The molecule has 0 aromatic carbocycles. The highest BCUT2D eigenvalue weighted by Gasteiger charge is 2.04. The Morgan fingerprint density at radius 2 is 2.38 bits per heavy atom. The Balaban J connectivity index is 1.97. The molecule has 0 amide bonds. The standard InChI is InChI=1S/C10H14N4S2/c1-3-4-5-9-11-7-14(13-9)16-10-12-8(2)6-15-10/h6-7H,3-5H2,1-2H3. The van der Waals surface area contributed by atoms with E-state index in [2.05, 4.69) is 22.0 Å². The average molecular weight is 254 g/mol. The first-order chi connectivity index (χ1) is 7.78. The Kier molecular flexibility index (Phi) is 3.95. The average Bonchev–Trinajstić information content (AvgIpc) is 2.86. The van der Waals surface area contributed by atoms with E-state index in [4.69, 9.17) is 0 Å². The van der Waals surface area contributed by atoms with Crippen LogP contribution in [0.4, 0.5) is 0 Å². The number of rotatable bonds is 5. The number of nitrogens with zero attached hydrogens (tertiary/aromatic N) is 4. The first-order valence-corrected chi connectivity index (χ1v) is 6.94. The van der Waals surface area contributed by atoms with Gasteiger partial charge in [0.1, 0.15) is 6.33 Å². The van der Waals surface area contributed by atoms with Crippen molar-refractivity contribution < 1.29 is 0 Å². The number of hydrogen-bond donors (Lipinski definition) is 0. The van der Waals surface area contributed by atoms with Gasteiger partial charge in [0.2, 0.25) is 0 Å². The van der Waals surface area contributed by atoms with Gasteiger partial charge in [0, 0.05) is 29.4 Å². The summed E-state index contributed by atoms with van der Waals surface area (Å²) in [4.78, 5) is 8.63. The van der Waals surface area contributed by atoms with E-state index < -0.39 is 0 Å². The quantitative estimate of drug-likeness (QED) is 0.823. The van der Waals surface area contributed by atoms with Crippen LogP contribution in [0, 0.1) is 6.92 Å². The van der Waals surface area contributed by atoms with Crippen LogP contribution >= 0.6 is 23.3 Å². The van der Waals surface area contributed by atoms with Crippen LogP contribution in [0.5, 0.6) is 0 Å². The number of hydrogen-bond acceptors (Lipinski definition) is 5. The normalized spacial score (nSPS) is 10.9. The second-order valence-corrected chi connectivity index (χ2v) is 5.57. The maximum atomic E-state index is 4.39. The maximum absolute atomic E-state index is 4.39. The van der Waals surface area contributed by atoms with Gasteiger partial charge in [0.05, 0.1) is 0 Å². The van der Waals surface area contributed by atoms with Gasteiger partial charge >= 0.3 is 0 Å². The lowest BCUT2D eigenvalue weighted by molar-refractivity contribution is 0.752. The van der Waals surface area contributed by atoms with Crippen LogP contribution in [0.1, 0.15) is 31.3 Å². The molecule has 0 radical (unpaired) electrons. The van der Waals surface area contributed by atoms with E-state index in [1.165, 1.54) is 18.4 Å². The first-order valence-electron chi connectivity index (χ1n) is 5.29. The topological polar surface area (TPSA) is 43.6 Å². The van der Waals surface area contributed by atoms with Gasteiger partial charge in [-0.3, -0.25) is 0 Å². The Hall–Kier alpha value is -0.880. The zero-order valence-electron chi connectivity index (χ0n) is 9.38. The molecule has 0 aliphatic heterocycles. The molecule has 2 aromatic heterocycles. The molecule has 2 rings (SSSR count). The summed E-state index contributed by atoms with van der Waals surface area (Å²) in [5.74, 6) is 0.919. The highest BCUT2D eigenvalue weighted by atomic mass is 32.2. The largest absolute Gasteiger partial charge is 0.233 e. The van der Waals surface area contributed by atoms with Crippen LogP contribution in [0.2, 0.25) is 0 Å². The molecule has 86 valence electrons. The van der Waals surface area contributed by atoms with Crippen molar-refractivity contribution in [3.8, 4) is 0 Å². The lowest BCUT2D eigenvalue weighted by Crippen LogP contribution is -1.91. The minimum atomic E-state index is 0.919. The minimum absolute atomic E-state index is 0.919. The predicted molar refractivity (Wildman–Crippen MR) is 66.7 cm³/mol. The highest BCUT2D eigenvalue weighted by Crippen LogP contribution is 2.22. The summed E-state index contributed by atoms with van der Waals surface area (Å²) in [7, 11) is 0. The van der Waals surface area contributed by atoms with E-state index in [9.17, 15) is 0 Å². The van der Waals surface area contributed by atoms with Crippen molar-refractivity contribution >= 4 is 23.3 Å². The third kappa shape index (κ3) is 3.05. The number of aromatic nitrogens is 4. The lowest BCUT2D eigenvalue weighted by Gasteiger charge is -1.93. The van der Waals surface area contributed by atoms with Crippen LogP contribution in [-0.4, -0.2) is 19.2 Å². The monoisotopic (exact) mass is 254 g/mol. The zero-order chi connectivity index (χ0) is 11.4. The number of unbranched alkanes of at least 4 members (excludes halogenated alkanes) is 1. The fourth-order valence-corrected chi connectivity index (χ4v) is 2.87. The van der Waals surface area contributed by atoms with Gasteiger partial charge in [-0.25, -0.2) is 9.97 Å². The van der Waals surface area contributed by atoms with E-state index in [-0.39, 0.29) is 0 Å². The molecule has 0 spiro atoms.